The van der Waals surface area contributed by atoms with Gasteiger partial charge in [0.1, 0.15) is 5.82 Å². The largest absolute Gasteiger partial charge is 0.314 e. The first-order valence-electron chi connectivity index (χ1n) is 6.98. The van der Waals surface area contributed by atoms with Crippen LogP contribution in [-0.2, 0) is 0 Å². The Balaban J connectivity index is 2.69. The van der Waals surface area contributed by atoms with Crippen LogP contribution in [0.4, 0.5) is 4.39 Å². The molecule has 1 rings (SSSR count). The molecule has 0 aliphatic heterocycles. The molecule has 0 heterocycles. The van der Waals surface area contributed by atoms with E-state index in [1.807, 2.05) is 12.1 Å². The van der Waals surface area contributed by atoms with Crippen LogP contribution in [-0.4, -0.2) is 12.6 Å². The third-order valence-electron chi connectivity index (χ3n) is 3.19. The maximum Gasteiger partial charge on any atom is 0.123 e. The van der Waals surface area contributed by atoms with E-state index < -0.39 is 0 Å². The molecule has 102 valence electrons. The third-order valence-corrected chi connectivity index (χ3v) is 3.19. The second-order valence-electron chi connectivity index (χ2n) is 5.79. The Morgan fingerprint density at radius 2 is 1.83 bits per heavy atom. The standard InChI is InChI=1S/C16H26FN/c1-12(2)8-9-15(11-18-13(3)4)14-6-5-7-16(17)10-14/h5-7,10,12-13,15,18H,8-9,11H2,1-4H3. The van der Waals surface area contributed by atoms with Gasteiger partial charge < -0.3 is 5.32 Å². The van der Waals surface area contributed by atoms with E-state index in [0.29, 0.717) is 17.9 Å². The van der Waals surface area contributed by atoms with Crippen LogP contribution in [0.25, 0.3) is 0 Å². The zero-order chi connectivity index (χ0) is 13.5. The number of hydrogen-bond acceptors (Lipinski definition) is 1. The van der Waals surface area contributed by atoms with Crippen molar-refractivity contribution in [2.24, 2.45) is 5.92 Å². The van der Waals surface area contributed by atoms with Crippen molar-refractivity contribution in [1.29, 1.82) is 0 Å². The summed E-state index contributed by atoms with van der Waals surface area (Å²) in [5.74, 6) is 0.970. The Bertz CT molecular complexity index is 335. The van der Waals surface area contributed by atoms with Gasteiger partial charge in [0.05, 0.1) is 0 Å². The van der Waals surface area contributed by atoms with Crippen molar-refractivity contribution in [3.05, 3.63) is 35.6 Å². The van der Waals surface area contributed by atoms with E-state index in [1.54, 1.807) is 6.07 Å². The minimum Gasteiger partial charge on any atom is -0.314 e. The van der Waals surface area contributed by atoms with Crippen LogP contribution < -0.4 is 5.32 Å². The molecule has 0 saturated carbocycles. The molecule has 1 aromatic carbocycles. The molecule has 0 saturated heterocycles. The first-order valence-corrected chi connectivity index (χ1v) is 6.98. The lowest BCUT2D eigenvalue weighted by atomic mass is 9.91. The summed E-state index contributed by atoms with van der Waals surface area (Å²) in [7, 11) is 0. The summed E-state index contributed by atoms with van der Waals surface area (Å²) in [6, 6.07) is 7.50. The number of benzene rings is 1. The van der Waals surface area contributed by atoms with Gasteiger partial charge in [0.25, 0.3) is 0 Å². The lowest BCUT2D eigenvalue weighted by molar-refractivity contribution is 0.458. The molecule has 0 fully saturated rings. The van der Waals surface area contributed by atoms with Gasteiger partial charge in [0.2, 0.25) is 0 Å². The number of rotatable bonds is 7. The Morgan fingerprint density at radius 1 is 1.11 bits per heavy atom. The Kier molecular flexibility index (Phi) is 6.34. The van der Waals surface area contributed by atoms with E-state index in [-0.39, 0.29) is 5.82 Å². The van der Waals surface area contributed by atoms with Gasteiger partial charge in [-0.1, -0.05) is 46.2 Å². The van der Waals surface area contributed by atoms with Crippen LogP contribution in [0.2, 0.25) is 0 Å². The minimum atomic E-state index is -0.133. The molecule has 0 aliphatic carbocycles. The number of halogens is 1. The second kappa shape index (κ2) is 7.52. The van der Waals surface area contributed by atoms with Crippen LogP contribution >= 0.6 is 0 Å². The molecule has 1 unspecified atom stereocenters. The quantitative estimate of drug-likeness (QED) is 0.760. The SMILES string of the molecule is CC(C)CCC(CNC(C)C)c1cccc(F)c1. The molecule has 1 N–H and O–H groups in total. The van der Waals surface area contributed by atoms with Crippen LogP contribution in [0.3, 0.4) is 0 Å². The van der Waals surface area contributed by atoms with Crippen molar-refractivity contribution in [3.8, 4) is 0 Å². The molecule has 1 atom stereocenters. The van der Waals surface area contributed by atoms with Crippen molar-refractivity contribution in [2.75, 3.05) is 6.54 Å². The third kappa shape index (κ3) is 5.63. The van der Waals surface area contributed by atoms with E-state index in [4.69, 9.17) is 0 Å². The van der Waals surface area contributed by atoms with Gasteiger partial charge in [-0.15, -0.1) is 0 Å². The molecule has 0 amide bonds. The monoisotopic (exact) mass is 251 g/mol. The highest BCUT2D eigenvalue weighted by Crippen LogP contribution is 2.23. The summed E-state index contributed by atoms with van der Waals surface area (Å²) in [6.07, 6.45) is 2.29. The average Bonchev–Trinajstić information content (AvgIpc) is 2.28. The molecule has 0 radical (unpaired) electrons. The summed E-state index contributed by atoms with van der Waals surface area (Å²) < 4.78 is 13.3. The lowest BCUT2D eigenvalue weighted by Crippen LogP contribution is -2.28. The van der Waals surface area contributed by atoms with Crippen LogP contribution in [0.5, 0.6) is 0 Å². The fourth-order valence-corrected chi connectivity index (χ4v) is 2.06. The summed E-state index contributed by atoms with van der Waals surface area (Å²) >= 11 is 0. The fourth-order valence-electron chi connectivity index (χ4n) is 2.06. The Morgan fingerprint density at radius 3 is 2.39 bits per heavy atom. The number of nitrogens with one attached hydrogen (secondary N) is 1. The summed E-state index contributed by atoms with van der Waals surface area (Å²) in [4.78, 5) is 0. The van der Waals surface area contributed by atoms with Crippen molar-refractivity contribution in [2.45, 2.75) is 52.5 Å². The smallest absolute Gasteiger partial charge is 0.123 e. The molecular formula is C16H26FN. The van der Waals surface area contributed by atoms with E-state index >= 15 is 0 Å². The van der Waals surface area contributed by atoms with Crippen molar-refractivity contribution >= 4 is 0 Å². The predicted molar refractivity (Wildman–Crippen MR) is 76.4 cm³/mol. The van der Waals surface area contributed by atoms with Crippen molar-refractivity contribution in [1.82, 2.24) is 5.32 Å². The highest BCUT2D eigenvalue weighted by Gasteiger charge is 2.13. The highest BCUT2D eigenvalue weighted by atomic mass is 19.1. The van der Waals surface area contributed by atoms with Crippen molar-refractivity contribution < 1.29 is 4.39 Å². The summed E-state index contributed by atoms with van der Waals surface area (Å²) in [5, 5.41) is 3.46. The lowest BCUT2D eigenvalue weighted by Gasteiger charge is -2.20. The molecule has 1 aromatic rings. The van der Waals surface area contributed by atoms with Crippen LogP contribution in [0.1, 0.15) is 52.0 Å². The predicted octanol–water partition coefficient (Wildman–Crippen LogP) is 4.34. The molecule has 0 aromatic heterocycles. The van der Waals surface area contributed by atoms with Gasteiger partial charge in [0.15, 0.2) is 0 Å². The molecule has 1 nitrogen and oxygen atoms in total. The first kappa shape index (κ1) is 15.2. The summed E-state index contributed by atoms with van der Waals surface area (Å²) in [5.41, 5.74) is 1.11. The topological polar surface area (TPSA) is 12.0 Å². The fraction of sp³-hybridized carbons (Fsp3) is 0.625. The molecule has 0 bridgehead atoms. The van der Waals surface area contributed by atoms with E-state index in [1.165, 1.54) is 12.5 Å². The normalized spacial score (nSPS) is 13.3. The van der Waals surface area contributed by atoms with Gasteiger partial charge >= 0.3 is 0 Å². The van der Waals surface area contributed by atoms with Gasteiger partial charge in [-0.25, -0.2) is 4.39 Å². The van der Waals surface area contributed by atoms with Crippen molar-refractivity contribution in [3.63, 3.8) is 0 Å². The second-order valence-corrected chi connectivity index (χ2v) is 5.79. The highest BCUT2D eigenvalue weighted by molar-refractivity contribution is 5.21. The maximum atomic E-state index is 13.3. The van der Waals surface area contributed by atoms with E-state index in [0.717, 1.165) is 18.5 Å². The first-order chi connectivity index (χ1) is 8.49. The molecule has 18 heavy (non-hydrogen) atoms. The van der Waals surface area contributed by atoms with Crippen LogP contribution in [0.15, 0.2) is 24.3 Å². The molecule has 0 aliphatic rings. The van der Waals surface area contributed by atoms with Gasteiger partial charge in [-0.05, 0) is 36.0 Å². The van der Waals surface area contributed by atoms with Crippen LogP contribution in [0, 0.1) is 11.7 Å². The van der Waals surface area contributed by atoms with Gasteiger partial charge in [-0.3, -0.25) is 0 Å². The summed E-state index contributed by atoms with van der Waals surface area (Å²) in [6.45, 7) is 9.68. The van der Waals surface area contributed by atoms with Gasteiger partial charge in [0, 0.05) is 12.6 Å². The molecule has 2 heteroatoms. The van der Waals surface area contributed by atoms with E-state index in [9.17, 15) is 4.39 Å². The zero-order valence-electron chi connectivity index (χ0n) is 12.0. The number of hydrogen-bond donors (Lipinski definition) is 1. The minimum absolute atomic E-state index is 0.133. The van der Waals surface area contributed by atoms with E-state index in [2.05, 4.69) is 33.0 Å². The Labute approximate surface area is 111 Å². The average molecular weight is 251 g/mol. The zero-order valence-corrected chi connectivity index (χ0v) is 12.0. The Hall–Kier alpha value is -0.890. The van der Waals surface area contributed by atoms with Gasteiger partial charge in [-0.2, -0.15) is 0 Å². The molecule has 0 spiro atoms. The molecular weight excluding hydrogens is 225 g/mol. The maximum absolute atomic E-state index is 13.3.